The Labute approximate surface area is 128 Å². The minimum absolute atomic E-state index is 0.292. The van der Waals surface area contributed by atoms with Crippen molar-refractivity contribution in [2.45, 2.75) is 77.2 Å². The van der Waals surface area contributed by atoms with E-state index in [1.165, 1.54) is 50.8 Å². The number of aromatic nitrogens is 3. The van der Waals surface area contributed by atoms with E-state index in [9.17, 15) is 5.11 Å². The summed E-state index contributed by atoms with van der Waals surface area (Å²) >= 11 is 0. The lowest BCUT2D eigenvalue weighted by Gasteiger charge is -2.30. The lowest BCUT2D eigenvalue weighted by molar-refractivity contribution is 0.187. The quantitative estimate of drug-likeness (QED) is 0.905. The molecule has 1 aliphatic heterocycles. The summed E-state index contributed by atoms with van der Waals surface area (Å²) in [5.74, 6) is 4.28. The van der Waals surface area contributed by atoms with Gasteiger partial charge in [0.2, 0.25) is 0 Å². The summed E-state index contributed by atoms with van der Waals surface area (Å²) in [6.45, 7) is 3.50. The number of unbranched alkanes of at least 4 members (excludes halogenated alkanes) is 1. The van der Waals surface area contributed by atoms with Crippen molar-refractivity contribution in [3.63, 3.8) is 0 Å². The maximum atomic E-state index is 9.42. The number of aliphatic hydroxyl groups is 1. The highest BCUT2D eigenvalue weighted by Gasteiger charge is 2.29. The molecule has 1 saturated carbocycles. The van der Waals surface area contributed by atoms with E-state index < -0.39 is 0 Å². The van der Waals surface area contributed by atoms with Gasteiger partial charge in [-0.3, -0.25) is 0 Å². The Morgan fingerprint density at radius 1 is 1.10 bits per heavy atom. The molecule has 4 nitrogen and oxygen atoms in total. The lowest BCUT2D eigenvalue weighted by atomic mass is 9.79. The Bertz CT molecular complexity index is 449. The second kappa shape index (κ2) is 6.91. The van der Waals surface area contributed by atoms with E-state index in [0.717, 1.165) is 31.1 Å². The molecule has 3 rings (SSSR count). The van der Waals surface area contributed by atoms with Gasteiger partial charge in [-0.25, -0.2) is 0 Å². The zero-order chi connectivity index (χ0) is 14.7. The Balaban J connectivity index is 1.62. The van der Waals surface area contributed by atoms with Crippen molar-refractivity contribution in [1.29, 1.82) is 0 Å². The first kappa shape index (κ1) is 15.0. The molecule has 0 saturated heterocycles. The Hall–Kier alpha value is -0.900. The van der Waals surface area contributed by atoms with Crippen LogP contribution in [0.4, 0.5) is 0 Å². The van der Waals surface area contributed by atoms with Crippen LogP contribution in [0.3, 0.4) is 0 Å². The van der Waals surface area contributed by atoms with Crippen molar-refractivity contribution < 1.29 is 5.11 Å². The first-order valence-corrected chi connectivity index (χ1v) is 8.84. The van der Waals surface area contributed by atoms with Crippen LogP contribution in [0, 0.1) is 11.8 Å². The molecule has 1 unspecified atom stereocenters. The minimum atomic E-state index is 0.292. The summed E-state index contributed by atoms with van der Waals surface area (Å²) in [5, 5.41) is 18.3. The topological polar surface area (TPSA) is 50.9 Å². The number of rotatable bonds is 5. The number of aryl methyl sites for hydroxylation is 1. The fourth-order valence-electron chi connectivity index (χ4n) is 4.07. The Kier molecular flexibility index (Phi) is 4.94. The van der Waals surface area contributed by atoms with Gasteiger partial charge in [-0.1, -0.05) is 26.2 Å². The van der Waals surface area contributed by atoms with Crippen LogP contribution in [0.25, 0.3) is 0 Å². The van der Waals surface area contributed by atoms with Crippen molar-refractivity contribution in [1.82, 2.24) is 14.8 Å². The molecule has 1 atom stereocenters. The van der Waals surface area contributed by atoms with Crippen LogP contribution in [-0.4, -0.2) is 26.5 Å². The summed E-state index contributed by atoms with van der Waals surface area (Å²) in [6.07, 6.45) is 11.4. The highest BCUT2D eigenvalue weighted by atomic mass is 16.3. The third-order valence-electron chi connectivity index (χ3n) is 5.51. The van der Waals surface area contributed by atoms with Gasteiger partial charge >= 0.3 is 0 Å². The van der Waals surface area contributed by atoms with Crippen molar-refractivity contribution in [3.8, 4) is 0 Å². The van der Waals surface area contributed by atoms with Crippen LogP contribution in [0.5, 0.6) is 0 Å². The molecule has 0 aromatic carbocycles. The van der Waals surface area contributed by atoms with Gasteiger partial charge in [0.15, 0.2) is 0 Å². The molecular weight excluding hydrogens is 262 g/mol. The molecule has 1 aliphatic carbocycles. The maximum absolute atomic E-state index is 9.42. The number of hydrogen-bond donors (Lipinski definition) is 1. The third kappa shape index (κ3) is 3.31. The van der Waals surface area contributed by atoms with Gasteiger partial charge in [-0.2, -0.15) is 0 Å². The molecule has 1 aromatic rings. The molecule has 4 heteroatoms. The van der Waals surface area contributed by atoms with Gasteiger partial charge < -0.3 is 9.67 Å². The molecule has 1 N–H and O–H groups in total. The lowest BCUT2D eigenvalue weighted by Crippen LogP contribution is -2.26. The van der Waals surface area contributed by atoms with Crippen molar-refractivity contribution in [3.05, 3.63) is 11.6 Å². The fourth-order valence-corrected chi connectivity index (χ4v) is 4.07. The van der Waals surface area contributed by atoms with Crippen LogP contribution in [0.15, 0.2) is 0 Å². The fraction of sp³-hybridized carbons (Fsp3) is 0.882. The monoisotopic (exact) mass is 291 g/mol. The van der Waals surface area contributed by atoms with Crippen LogP contribution in [-0.2, 0) is 13.0 Å². The summed E-state index contributed by atoms with van der Waals surface area (Å²) < 4.78 is 2.32. The van der Waals surface area contributed by atoms with Gasteiger partial charge in [-0.05, 0) is 38.0 Å². The molecule has 0 radical (unpaired) electrons. The second-order valence-corrected chi connectivity index (χ2v) is 7.03. The van der Waals surface area contributed by atoms with Crippen LogP contribution >= 0.6 is 0 Å². The Morgan fingerprint density at radius 2 is 1.90 bits per heavy atom. The highest BCUT2D eigenvalue weighted by Crippen LogP contribution is 2.38. The largest absolute Gasteiger partial charge is 0.396 e. The predicted octanol–water partition coefficient (Wildman–Crippen LogP) is 3.30. The summed E-state index contributed by atoms with van der Waals surface area (Å²) in [4.78, 5) is 0. The molecule has 1 aromatic heterocycles. The summed E-state index contributed by atoms with van der Waals surface area (Å²) in [7, 11) is 0. The third-order valence-corrected chi connectivity index (χ3v) is 5.51. The van der Waals surface area contributed by atoms with Gasteiger partial charge in [0, 0.05) is 31.4 Å². The van der Waals surface area contributed by atoms with Crippen molar-refractivity contribution in [2.75, 3.05) is 6.61 Å². The van der Waals surface area contributed by atoms with Gasteiger partial charge in [0.05, 0.1) is 0 Å². The maximum Gasteiger partial charge on any atom is 0.136 e. The average Bonchev–Trinajstić information content (AvgIpc) is 2.96. The van der Waals surface area contributed by atoms with E-state index in [1.807, 2.05) is 0 Å². The van der Waals surface area contributed by atoms with E-state index >= 15 is 0 Å². The van der Waals surface area contributed by atoms with Gasteiger partial charge in [0.1, 0.15) is 11.6 Å². The minimum Gasteiger partial charge on any atom is -0.396 e. The van der Waals surface area contributed by atoms with Crippen molar-refractivity contribution >= 4 is 0 Å². The van der Waals surface area contributed by atoms with E-state index in [0.29, 0.717) is 18.4 Å². The molecule has 0 bridgehead atoms. The molecule has 21 heavy (non-hydrogen) atoms. The SMILES string of the molecule is CCCCC1CCC(c2nnc3n2CC(CO)CC3)CC1. The van der Waals surface area contributed by atoms with E-state index in [1.54, 1.807) is 0 Å². The van der Waals surface area contributed by atoms with E-state index in [-0.39, 0.29) is 0 Å². The standard InChI is InChI=1S/C17H29N3O/c1-2-3-4-13-5-8-15(9-6-13)17-19-18-16-10-7-14(12-21)11-20(16)17/h13-15,21H,2-12H2,1H3. The average molecular weight is 291 g/mol. The predicted molar refractivity (Wildman–Crippen MR) is 83.1 cm³/mol. The number of fused-ring (bicyclic) bond motifs is 1. The van der Waals surface area contributed by atoms with Crippen LogP contribution in [0.1, 0.15) is 75.9 Å². The molecule has 118 valence electrons. The first-order chi connectivity index (χ1) is 10.3. The Morgan fingerprint density at radius 3 is 2.62 bits per heavy atom. The van der Waals surface area contributed by atoms with Crippen LogP contribution < -0.4 is 0 Å². The molecule has 2 aliphatic rings. The zero-order valence-corrected chi connectivity index (χ0v) is 13.3. The number of nitrogens with zero attached hydrogens (tertiary/aromatic N) is 3. The number of hydrogen-bond acceptors (Lipinski definition) is 3. The van der Waals surface area contributed by atoms with Crippen molar-refractivity contribution in [2.24, 2.45) is 11.8 Å². The molecule has 1 fully saturated rings. The van der Waals surface area contributed by atoms with Gasteiger partial charge in [-0.15, -0.1) is 10.2 Å². The van der Waals surface area contributed by atoms with Crippen LogP contribution in [0.2, 0.25) is 0 Å². The highest BCUT2D eigenvalue weighted by molar-refractivity contribution is 5.06. The first-order valence-electron chi connectivity index (χ1n) is 8.84. The van der Waals surface area contributed by atoms with E-state index in [4.69, 9.17) is 0 Å². The molecule has 0 spiro atoms. The smallest absolute Gasteiger partial charge is 0.136 e. The summed E-state index contributed by atoms with van der Waals surface area (Å²) in [6, 6.07) is 0. The van der Waals surface area contributed by atoms with Gasteiger partial charge in [0.25, 0.3) is 0 Å². The normalized spacial score (nSPS) is 29.3. The number of aliphatic hydroxyl groups excluding tert-OH is 1. The second-order valence-electron chi connectivity index (χ2n) is 7.03. The zero-order valence-electron chi connectivity index (χ0n) is 13.3. The molecular formula is C17H29N3O. The molecule has 0 amide bonds. The summed E-state index contributed by atoms with van der Waals surface area (Å²) in [5.41, 5.74) is 0. The van der Waals surface area contributed by atoms with E-state index in [2.05, 4.69) is 21.7 Å². The molecule has 2 heterocycles.